The zero-order valence-corrected chi connectivity index (χ0v) is 10.2. The van der Waals surface area contributed by atoms with Crippen LogP contribution in [0.4, 0.5) is 0 Å². The fourth-order valence-corrected chi connectivity index (χ4v) is 2.04. The van der Waals surface area contributed by atoms with Crippen molar-refractivity contribution in [3.63, 3.8) is 0 Å². The molecule has 0 unspecified atom stereocenters. The van der Waals surface area contributed by atoms with Gasteiger partial charge in [0.05, 0.1) is 18.2 Å². The lowest BCUT2D eigenvalue weighted by molar-refractivity contribution is 0.0603. The average Bonchev–Trinajstić information content (AvgIpc) is 2.29. The van der Waals surface area contributed by atoms with Crippen LogP contribution in [0.2, 0.25) is 0 Å². The Kier molecular flexibility index (Phi) is 2.86. The minimum atomic E-state index is -0.329. The Labute approximate surface area is 101 Å². The summed E-state index contributed by atoms with van der Waals surface area (Å²) >= 11 is 2.20. The third kappa shape index (κ3) is 1.81. The van der Waals surface area contributed by atoms with Crippen molar-refractivity contribution >= 4 is 39.5 Å². The summed E-state index contributed by atoms with van der Waals surface area (Å²) in [5.41, 5.74) is 1.39. The normalized spacial score (nSPS) is 10.3. The quantitative estimate of drug-likeness (QED) is 0.600. The Morgan fingerprint density at radius 2 is 2.20 bits per heavy atom. The maximum Gasteiger partial charge on any atom is 0.338 e. The molecule has 1 heterocycles. The first kappa shape index (κ1) is 10.4. The molecule has 0 aliphatic rings. The number of ether oxygens (including phenoxy) is 1. The van der Waals surface area contributed by atoms with Crippen molar-refractivity contribution in [3.8, 4) is 0 Å². The fraction of sp³-hybridized carbons (Fsp3) is 0.0909. The summed E-state index contributed by atoms with van der Waals surface area (Å²) in [4.78, 5) is 15.7. The Morgan fingerprint density at radius 1 is 1.40 bits per heavy atom. The highest BCUT2D eigenvalue weighted by atomic mass is 127. The van der Waals surface area contributed by atoms with E-state index in [0.29, 0.717) is 5.56 Å². The number of fused-ring (bicyclic) bond motifs is 1. The predicted octanol–water partition coefficient (Wildman–Crippen LogP) is 2.63. The van der Waals surface area contributed by atoms with Crippen LogP contribution in [0.25, 0.3) is 10.9 Å². The lowest BCUT2D eigenvalue weighted by Gasteiger charge is -2.05. The van der Waals surface area contributed by atoms with E-state index < -0.39 is 0 Å². The predicted molar refractivity (Wildman–Crippen MR) is 65.8 cm³/mol. The summed E-state index contributed by atoms with van der Waals surface area (Å²) in [7, 11) is 1.38. The second-order valence-electron chi connectivity index (χ2n) is 2.99. The van der Waals surface area contributed by atoms with E-state index in [1.165, 1.54) is 7.11 Å². The van der Waals surface area contributed by atoms with E-state index in [1.807, 2.05) is 18.2 Å². The Balaban J connectivity index is 2.77. The molecule has 0 saturated heterocycles. The largest absolute Gasteiger partial charge is 0.465 e. The number of nitrogens with zero attached hydrogens (tertiary/aromatic N) is 1. The number of esters is 1. The van der Waals surface area contributed by atoms with Crippen molar-refractivity contribution in [1.82, 2.24) is 4.98 Å². The number of pyridine rings is 1. The first-order valence-corrected chi connectivity index (χ1v) is 5.43. The molecule has 1 aromatic heterocycles. The molecule has 0 N–H and O–H groups in total. The van der Waals surface area contributed by atoms with Crippen molar-refractivity contribution in [3.05, 3.63) is 39.6 Å². The van der Waals surface area contributed by atoms with Gasteiger partial charge in [-0.3, -0.25) is 4.98 Å². The highest BCUT2D eigenvalue weighted by molar-refractivity contribution is 14.1. The third-order valence-electron chi connectivity index (χ3n) is 2.13. The smallest absolute Gasteiger partial charge is 0.338 e. The van der Waals surface area contributed by atoms with Gasteiger partial charge in [-0.1, -0.05) is 6.07 Å². The van der Waals surface area contributed by atoms with Gasteiger partial charge in [-0.15, -0.1) is 0 Å². The maximum atomic E-state index is 11.5. The third-order valence-corrected chi connectivity index (χ3v) is 3.00. The molecule has 3 nitrogen and oxygen atoms in total. The number of methoxy groups -OCH3 is 1. The molecule has 76 valence electrons. The Morgan fingerprint density at radius 3 is 2.93 bits per heavy atom. The number of carbonyl (C=O) groups excluding carboxylic acids is 1. The van der Waals surface area contributed by atoms with Crippen LogP contribution < -0.4 is 0 Å². The van der Waals surface area contributed by atoms with Gasteiger partial charge in [0.25, 0.3) is 0 Å². The highest BCUT2D eigenvalue weighted by Gasteiger charge is 2.11. The number of hydrogen-bond donors (Lipinski definition) is 0. The van der Waals surface area contributed by atoms with E-state index in [1.54, 1.807) is 12.3 Å². The van der Waals surface area contributed by atoms with Crippen LogP contribution in [0.15, 0.2) is 30.5 Å². The van der Waals surface area contributed by atoms with Crippen molar-refractivity contribution in [2.75, 3.05) is 7.11 Å². The highest BCUT2D eigenvalue weighted by Crippen LogP contribution is 2.22. The Bertz CT molecular complexity index is 525. The molecule has 0 saturated carbocycles. The number of aromatic nitrogens is 1. The van der Waals surface area contributed by atoms with E-state index in [-0.39, 0.29) is 5.97 Å². The van der Waals surface area contributed by atoms with Gasteiger partial charge in [-0.05, 0) is 40.8 Å². The van der Waals surface area contributed by atoms with Gasteiger partial charge in [-0.2, -0.15) is 0 Å². The number of benzene rings is 1. The summed E-state index contributed by atoms with van der Waals surface area (Å²) < 4.78 is 5.74. The fourth-order valence-electron chi connectivity index (χ4n) is 1.43. The van der Waals surface area contributed by atoms with E-state index in [9.17, 15) is 4.79 Å². The summed E-state index contributed by atoms with van der Waals surface area (Å²) in [6.07, 6.45) is 1.71. The second-order valence-corrected chi connectivity index (χ2v) is 4.15. The first-order valence-electron chi connectivity index (χ1n) is 4.35. The summed E-state index contributed by atoms with van der Waals surface area (Å²) in [6.45, 7) is 0. The van der Waals surface area contributed by atoms with Crippen LogP contribution in [0.1, 0.15) is 10.4 Å². The van der Waals surface area contributed by atoms with Crippen molar-refractivity contribution in [2.24, 2.45) is 0 Å². The minimum absolute atomic E-state index is 0.329. The Hall–Kier alpha value is -1.17. The molecule has 1 aromatic carbocycles. The van der Waals surface area contributed by atoms with Crippen molar-refractivity contribution in [1.29, 1.82) is 0 Å². The van der Waals surface area contributed by atoms with E-state index in [4.69, 9.17) is 4.74 Å². The van der Waals surface area contributed by atoms with E-state index in [0.717, 1.165) is 14.5 Å². The average molecular weight is 313 g/mol. The zero-order valence-electron chi connectivity index (χ0n) is 8.03. The van der Waals surface area contributed by atoms with Crippen LogP contribution >= 0.6 is 22.6 Å². The molecule has 0 amide bonds. The van der Waals surface area contributed by atoms with Crippen LogP contribution in [-0.2, 0) is 4.74 Å². The number of halogens is 1. The lowest BCUT2D eigenvalue weighted by Crippen LogP contribution is -2.02. The molecule has 0 fully saturated rings. The van der Waals surface area contributed by atoms with Gasteiger partial charge in [0.15, 0.2) is 0 Å². The molecular formula is C11H8INO2. The summed E-state index contributed by atoms with van der Waals surface area (Å²) in [5.74, 6) is -0.329. The van der Waals surface area contributed by atoms with Gasteiger partial charge >= 0.3 is 5.97 Å². The molecule has 4 heteroatoms. The van der Waals surface area contributed by atoms with Crippen LogP contribution in [0, 0.1) is 3.57 Å². The van der Waals surface area contributed by atoms with Gasteiger partial charge < -0.3 is 4.74 Å². The monoisotopic (exact) mass is 313 g/mol. The van der Waals surface area contributed by atoms with Gasteiger partial charge in [0.2, 0.25) is 0 Å². The summed E-state index contributed by atoms with van der Waals surface area (Å²) in [5, 5.41) is 0.830. The number of rotatable bonds is 1. The van der Waals surface area contributed by atoms with Crippen LogP contribution in [0.3, 0.4) is 0 Å². The molecule has 2 rings (SSSR count). The molecule has 0 spiro atoms. The van der Waals surface area contributed by atoms with Crippen LogP contribution in [-0.4, -0.2) is 18.1 Å². The van der Waals surface area contributed by atoms with Crippen molar-refractivity contribution in [2.45, 2.75) is 0 Å². The molecule has 0 aliphatic carbocycles. The number of hydrogen-bond acceptors (Lipinski definition) is 3. The molecule has 2 aromatic rings. The molecule has 0 bridgehead atoms. The van der Waals surface area contributed by atoms with Gasteiger partial charge in [0, 0.05) is 15.2 Å². The minimum Gasteiger partial charge on any atom is -0.465 e. The van der Waals surface area contributed by atoms with E-state index >= 15 is 0 Å². The molecule has 0 aliphatic heterocycles. The zero-order chi connectivity index (χ0) is 10.8. The van der Waals surface area contributed by atoms with Crippen LogP contribution in [0.5, 0.6) is 0 Å². The topological polar surface area (TPSA) is 39.2 Å². The summed E-state index contributed by atoms with van der Waals surface area (Å²) in [6, 6.07) is 7.31. The van der Waals surface area contributed by atoms with E-state index in [2.05, 4.69) is 27.6 Å². The first-order chi connectivity index (χ1) is 7.24. The molecule has 0 atom stereocenters. The standard InChI is InChI=1S/C11H8INO2/c1-15-11(14)8-4-5-9(12)10-7(8)3-2-6-13-10/h2-6H,1H3. The second kappa shape index (κ2) is 4.14. The lowest BCUT2D eigenvalue weighted by atomic mass is 10.1. The number of carbonyl (C=O) groups is 1. The molecule has 15 heavy (non-hydrogen) atoms. The molecule has 0 radical (unpaired) electrons. The van der Waals surface area contributed by atoms with Crippen molar-refractivity contribution < 1.29 is 9.53 Å². The SMILES string of the molecule is COC(=O)c1ccc(I)c2ncccc12. The van der Waals surface area contributed by atoms with Gasteiger partial charge in [-0.25, -0.2) is 4.79 Å². The maximum absolute atomic E-state index is 11.5. The van der Waals surface area contributed by atoms with Gasteiger partial charge in [0.1, 0.15) is 0 Å². The molecular weight excluding hydrogens is 305 g/mol.